The van der Waals surface area contributed by atoms with E-state index in [2.05, 4.69) is 43.5 Å². The number of rotatable bonds is 8. The van der Waals surface area contributed by atoms with E-state index in [1.165, 1.54) is 72.2 Å². The number of aliphatic hydroxyl groups is 1. The highest BCUT2D eigenvalue weighted by molar-refractivity contribution is 14.0. The minimum atomic E-state index is -1.58. The number of benzene rings is 2. The fourth-order valence-electron chi connectivity index (χ4n) is 6.36. The fourth-order valence-corrected chi connectivity index (χ4v) is 6.36. The summed E-state index contributed by atoms with van der Waals surface area (Å²) < 4.78 is 63.1. The van der Waals surface area contributed by atoms with Crippen LogP contribution in [0.1, 0.15) is 50.7 Å². The number of likely N-dealkylation sites (tertiary alicyclic amines) is 1. The van der Waals surface area contributed by atoms with Gasteiger partial charge in [-0.25, -0.2) is 36.9 Å². The van der Waals surface area contributed by atoms with Gasteiger partial charge in [-0.15, -0.1) is 24.0 Å². The maximum absolute atomic E-state index is 14.5. The molecule has 0 spiro atoms. The number of ether oxygens (including phenoxy) is 1. The summed E-state index contributed by atoms with van der Waals surface area (Å²) in [6.07, 6.45) is 9.68. The molecule has 2 aromatic heterocycles. The number of nitrogens with zero attached hydrogens (tertiary/aromatic N) is 7. The van der Waals surface area contributed by atoms with Gasteiger partial charge in [0.2, 0.25) is 0 Å². The molecule has 10 nitrogen and oxygen atoms in total. The van der Waals surface area contributed by atoms with E-state index in [0.29, 0.717) is 12.1 Å². The second-order valence-electron chi connectivity index (χ2n) is 13.0. The number of halogens is 5. The predicted molar refractivity (Wildman–Crippen MR) is 195 cm³/mol. The number of epoxide rings is 1. The van der Waals surface area contributed by atoms with Crippen LogP contribution in [0, 0.1) is 23.3 Å². The summed E-state index contributed by atoms with van der Waals surface area (Å²) in [5.41, 5.74) is 0.638. The van der Waals surface area contributed by atoms with E-state index in [1.807, 2.05) is 13.8 Å². The molecule has 4 aromatic rings. The van der Waals surface area contributed by atoms with Crippen molar-refractivity contribution < 1.29 is 27.4 Å². The topological polar surface area (TPSA) is 109 Å². The first kappa shape index (κ1) is 40.3. The molecule has 2 aromatic carbocycles. The number of aromatic nitrogens is 6. The lowest BCUT2D eigenvalue weighted by atomic mass is 9.84. The van der Waals surface area contributed by atoms with E-state index in [9.17, 15) is 22.7 Å². The molecule has 0 radical (unpaired) electrons. The zero-order chi connectivity index (χ0) is 35.9. The normalized spacial score (nSPS) is 22.0. The average Bonchev–Trinajstić information content (AvgIpc) is 3.45. The van der Waals surface area contributed by atoms with E-state index >= 15 is 0 Å². The SMILES string of the molecule is C=C1CCN([C@H](C)[C@](O)(Cn2cncn2)c2ccc(F)cc2F)CC1.C=C1CCNCC1.C[C@H]1O[C@@]1(Cn1cncn1)c1ccc(F)cc1F.I. The van der Waals surface area contributed by atoms with Gasteiger partial charge < -0.3 is 15.2 Å². The van der Waals surface area contributed by atoms with Gasteiger partial charge in [0, 0.05) is 42.4 Å². The van der Waals surface area contributed by atoms with Gasteiger partial charge in [0.15, 0.2) is 0 Å². The first-order chi connectivity index (χ1) is 23.9. The molecule has 3 aliphatic rings. The van der Waals surface area contributed by atoms with Crippen LogP contribution < -0.4 is 5.32 Å². The third-order valence-electron chi connectivity index (χ3n) is 9.56. The molecule has 7 rings (SSSR count). The van der Waals surface area contributed by atoms with Gasteiger partial charge in [-0.1, -0.05) is 36.4 Å². The maximum Gasteiger partial charge on any atom is 0.142 e. The molecule has 0 saturated carbocycles. The standard InChI is InChI=1S/C18H22F2N4O.C12H11F2N3O.C6H11N.HI/c1-13-5-7-23(8-6-13)14(2)18(25,10-24-12-21-11-22-24)16-4-3-15(19)9-17(16)20;1-8-12(18-8,5-17-7-15-6-16-17)10-3-2-9(13)4-11(10)14;1-6-2-4-7-5-3-6;/h3-4,9,11-12,14,25H,1,5-8,10H2,2H3;2-4,6-8H,5H2,1H3;7H,1-5H2;1H/t14-,18-;8-,12-;;/m11../s1. The van der Waals surface area contributed by atoms with Gasteiger partial charge in [0.1, 0.15) is 59.8 Å². The molecule has 3 aliphatic heterocycles. The van der Waals surface area contributed by atoms with Gasteiger partial charge in [0.25, 0.3) is 0 Å². The maximum atomic E-state index is 14.5. The number of piperidine rings is 2. The van der Waals surface area contributed by atoms with Crippen molar-refractivity contribution in [3.63, 3.8) is 0 Å². The second kappa shape index (κ2) is 17.8. The Morgan fingerprint density at radius 2 is 1.45 bits per heavy atom. The van der Waals surface area contributed by atoms with Crippen LogP contribution in [0.15, 0.2) is 86.0 Å². The lowest BCUT2D eigenvalue weighted by Gasteiger charge is -2.43. The Hall–Kier alpha value is -3.51. The predicted octanol–water partition coefficient (Wildman–Crippen LogP) is 5.90. The van der Waals surface area contributed by atoms with E-state index in [0.717, 1.165) is 57.2 Å². The Balaban J connectivity index is 0.000000195. The van der Waals surface area contributed by atoms with Crippen LogP contribution in [0.25, 0.3) is 0 Å². The zero-order valence-corrected chi connectivity index (χ0v) is 31.1. The van der Waals surface area contributed by atoms with E-state index in [-0.39, 0.29) is 42.2 Å². The summed E-state index contributed by atoms with van der Waals surface area (Å²) in [6.45, 7) is 15.7. The molecule has 3 fully saturated rings. The van der Waals surface area contributed by atoms with Crippen LogP contribution >= 0.6 is 24.0 Å². The Morgan fingerprint density at radius 1 is 0.902 bits per heavy atom. The third-order valence-corrected chi connectivity index (χ3v) is 9.56. The Labute approximate surface area is 312 Å². The second-order valence-corrected chi connectivity index (χ2v) is 13.0. The first-order valence-corrected chi connectivity index (χ1v) is 16.7. The molecule has 15 heteroatoms. The molecular formula is C36H45F4IN8O2. The summed E-state index contributed by atoms with van der Waals surface area (Å²) >= 11 is 0. The van der Waals surface area contributed by atoms with E-state index < -0.39 is 40.5 Å². The Bertz CT molecular complexity index is 1730. The third kappa shape index (κ3) is 10.1. The largest absolute Gasteiger partial charge is 0.381 e. The minimum absolute atomic E-state index is 0. The molecule has 4 atom stereocenters. The van der Waals surface area contributed by atoms with Gasteiger partial charge in [0.05, 0.1) is 19.2 Å². The van der Waals surface area contributed by atoms with Crippen LogP contribution in [-0.4, -0.2) is 77.9 Å². The van der Waals surface area contributed by atoms with Crippen LogP contribution in [0.3, 0.4) is 0 Å². The highest BCUT2D eigenvalue weighted by Crippen LogP contribution is 2.48. The van der Waals surface area contributed by atoms with E-state index in [4.69, 9.17) is 4.74 Å². The number of hydrogen-bond acceptors (Lipinski definition) is 8. The van der Waals surface area contributed by atoms with Crippen molar-refractivity contribution >= 4 is 24.0 Å². The van der Waals surface area contributed by atoms with Crippen LogP contribution in [0.2, 0.25) is 0 Å². The summed E-state index contributed by atoms with van der Waals surface area (Å²) in [5.74, 6) is -2.64. The van der Waals surface area contributed by atoms with Gasteiger partial charge in [-0.05, 0) is 64.8 Å². The molecule has 3 saturated heterocycles. The molecule has 0 aliphatic carbocycles. The summed E-state index contributed by atoms with van der Waals surface area (Å²) in [6, 6.07) is 6.39. The molecule has 0 amide bonds. The minimum Gasteiger partial charge on any atom is -0.381 e. The highest BCUT2D eigenvalue weighted by Gasteiger charge is 2.56. The Morgan fingerprint density at radius 3 is 1.94 bits per heavy atom. The smallest absolute Gasteiger partial charge is 0.142 e. The van der Waals surface area contributed by atoms with Crippen molar-refractivity contribution in [2.75, 3.05) is 26.2 Å². The summed E-state index contributed by atoms with van der Waals surface area (Å²) in [5, 5.41) is 22.8. The van der Waals surface area contributed by atoms with Gasteiger partial charge in [-0.3, -0.25) is 4.90 Å². The monoisotopic (exact) mass is 824 g/mol. The average molecular weight is 825 g/mol. The summed E-state index contributed by atoms with van der Waals surface area (Å²) in [4.78, 5) is 9.82. The molecule has 5 heterocycles. The summed E-state index contributed by atoms with van der Waals surface area (Å²) in [7, 11) is 0. The Kier molecular flexibility index (Phi) is 14.1. The van der Waals surface area contributed by atoms with Crippen molar-refractivity contribution in [2.24, 2.45) is 0 Å². The lowest BCUT2D eigenvalue weighted by Crippen LogP contribution is -2.53. The van der Waals surface area contributed by atoms with Crippen molar-refractivity contribution in [3.8, 4) is 0 Å². The zero-order valence-electron chi connectivity index (χ0n) is 28.8. The quantitative estimate of drug-likeness (QED) is 0.0980. The molecule has 0 unspecified atom stereocenters. The van der Waals surface area contributed by atoms with Gasteiger partial charge >= 0.3 is 0 Å². The molecule has 2 N–H and O–H groups in total. The fraction of sp³-hybridized carbons (Fsp3) is 0.444. The first-order valence-electron chi connectivity index (χ1n) is 16.7. The van der Waals surface area contributed by atoms with Crippen LogP contribution in [0.4, 0.5) is 17.6 Å². The van der Waals surface area contributed by atoms with Crippen LogP contribution in [0.5, 0.6) is 0 Å². The van der Waals surface area contributed by atoms with Crippen LogP contribution in [-0.2, 0) is 29.0 Å². The molecule has 51 heavy (non-hydrogen) atoms. The molecule has 0 bridgehead atoms. The van der Waals surface area contributed by atoms with Gasteiger partial charge in [-0.2, -0.15) is 10.2 Å². The highest BCUT2D eigenvalue weighted by atomic mass is 127. The van der Waals surface area contributed by atoms with E-state index in [1.54, 1.807) is 4.68 Å². The molecule has 276 valence electrons. The van der Waals surface area contributed by atoms with Crippen molar-refractivity contribution in [2.45, 2.75) is 76.0 Å². The number of nitrogens with one attached hydrogen (secondary N) is 1. The number of hydrogen-bond donors (Lipinski definition) is 2. The van der Waals surface area contributed by atoms with Crippen molar-refractivity contribution in [3.05, 3.63) is 120 Å². The lowest BCUT2D eigenvalue weighted by molar-refractivity contribution is -0.0657. The molecular weight excluding hydrogens is 779 g/mol. The van der Waals surface area contributed by atoms with Crippen molar-refractivity contribution in [1.29, 1.82) is 0 Å². The van der Waals surface area contributed by atoms with Crippen molar-refractivity contribution in [1.82, 2.24) is 39.7 Å².